The number of carboxylic acids is 1. The number of urea groups is 1. The largest absolute Gasteiger partial charge is 0.481 e. The van der Waals surface area contributed by atoms with Gasteiger partial charge in [0, 0.05) is 12.6 Å². The maximum absolute atomic E-state index is 11.9. The van der Waals surface area contributed by atoms with E-state index in [-0.39, 0.29) is 13.0 Å². The highest BCUT2D eigenvalue weighted by molar-refractivity contribution is 5.78. The summed E-state index contributed by atoms with van der Waals surface area (Å²) in [4.78, 5) is 23.3. The van der Waals surface area contributed by atoms with Crippen LogP contribution in [0.25, 0.3) is 0 Å². The number of nitrogens with one attached hydrogen (secondary N) is 1. The minimum atomic E-state index is -4.47. The third kappa shape index (κ3) is 3.50. The van der Waals surface area contributed by atoms with Gasteiger partial charge in [0.15, 0.2) is 0 Å². The lowest BCUT2D eigenvalue weighted by Gasteiger charge is -2.23. The first-order valence-electron chi connectivity index (χ1n) is 5.06. The van der Waals surface area contributed by atoms with E-state index in [0.717, 1.165) is 4.90 Å². The van der Waals surface area contributed by atoms with Crippen LogP contribution in [0.15, 0.2) is 0 Å². The lowest BCUT2D eigenvalue weighted by atomic mass is 10.0. The van der Waals surface area contributed by atoms with Crippen molar-refractivity contribution < 1.29 is 27.9 Å². The van der Waals surface area contributed by atoms with Crippen molar-refractivity contribution in [2.45, 2.75) is 25.6 Å². The fourth-order valence-corrected chi connectivity index (χ4v) is 1.83. The number of aliphatic carboxylic acids is 1. The molecule has 1 fully saturated rings. The highest BCUT2D eigenvalue weighted by atomic mass is 19.4. The number of likely N-dealkylation sites (tertiary alicyclic amines) is 1. The van der Waals surface area contributed by atoms with E-state index < -0.39 is 36.7 Å². The van der Waals surface area contributed by atoms with Crippen molar-refractivity contribution in [1.82, 2.24) is 10.2 Å². The van der Waals surface area contributed by atoms with Crippen molar-refractivity contribution in [2.75, 3.05) is 13.1 Å². The van der Waals surface area contributed by atoms with Crippen LogP contribution in [0.3, 0.4) is 0 Å². The summed E-state index contributed by atoms with van der Waals surface area (Å²) < 4.78 is 35.6. The third-order valence-electron chi connectivity index (χ3n) is 2.77. The Hall–Kier alpha value is -1.47. The molecule has 1 heterocycles. The fourth-order valence-electron chi connectivity index (χ4n) is 1.83. The molecule has 1 rings (SSSR count). The summed E-state index contributed by atoms with van der Waals surface area (Å²) in [6, 6.07) is -1.47. The molecule has 2 amide bonds. The minimum Gasteiger partial charge on any atom is -0.481 e. The second kappa shape index (κ2) is 4.80. The van der Waals surface area contributed by atoms with Crippen LogP contribution in [0, 0.1) is 5.92 Å². The molecule has 0 aliphatic carbocycles. The lowest BCUT2D eigenvalue weighted by Crippen LogP contribution is -2.46. The van der Waals surface area contributed by atoms with Crippen LogP contribution < -0.4 is 5.32 Å². The Morgan fingerprint density at radius 2 is 2.06 bits per heavy atom. The van der Waals surface area contributed by atoms with E-state index in [1.165, 1.54) is 6.92 Å². The number of carbonyl (C=O) groups is 2. The molecule has 8 heteroatoms. The van der Waals surface area contributed by atoms with Gasteiger partial charge in [-0.15, -0.1) is 0 Å². The van der Waals surface area contributed by atoms with Crippen LogP contribution >= 0.6 is 0 Å². The number of nitrogens with zero attached hydrogens (tertiary/aromatic N) is 1. The first-order chi connectivity index (χ1) is 7.72. The van der Waals surface area contributed by atoms with Crippen molar-refractivity contribution in [2.24, 2.45) is 5.92 Å². The summed E-state index contributed by atoms with van der Waals surface area (Å²) in [5, 5.41) is 10.5. The van der Waals surface area contributed by atoms with Crippen LogP contribution in [0.2, 0.25) is 0 Å². The predicted molar refractivity (Wildman–Crippen MR) is 51.4 cm³/mol. The smallest absolute Gasteiger partial charge is 0.405 e. The zero-order valence-corrected chi connectivity index (χ0v) is 9.12. The van der Waals surface area contributed by atoms with E-state index in [4.69, 9.17) is 5.11 Å². The lowest BCUT2D eigenvalue weighted by molar-refractivity contribution is -0.142. The highest BCUT2D eigenvalue weighted by Crippen LogP contribution is 2.24. The Balaban J connectivity index is 2.52. The molecule has 2 unspecified atom stereocenters. The predicted octanol–water partition coefficient (Wildman–Crippen LogP) is 1.05. The van der Waals surface area contributed by atoms with E-state index in [1.807, 2.05) is 0 Å². The van der Waals surface area contributed by atoms with Gasteiger partial charge in [-0.3, -0.25) is 4.79 Å². The van der Waals surface area contributed by atoms with E-state index in [1.54, 1.807) is 5.32 Å². The van der Waals surface area contributed by atoms with Crippen molar-refractivity contribution in [3.05, 3.63) is 0 Å². The van der Waals surface area contributed by atoms with Gasteiger partial charge < -0.3 is 15.3 Å². The molecule has 0 radical (unpaired) electrons. The molecule has 1 aliphatic heterocycles. The Labute approximate surface area is 95.6 Å². The normalized spacial score (nSPS) is 24.8. The summed E-state index contributed by atoms with van der Waals surface area (Å²) in [5.41, 5.74) is 0. The standard InChI is InChI=1S/C9H13F3N2O3/c1-5-6(7(15)16)2-3-14(5)8(17)13-4-9(10,11)12/h5-6H,2-4H2,1H3,(H,13,17)(H,15,16). The van der Waals surface area contributed by atoms with Gasteiger partial charge in [-0.2, -0.15) is 13.2 Å². The quantitative estimate of drug-likeness (QED) is 0.774. The second-order valence-corrected chi connectivity index (χ2v) is 3.94. The van der Waals surface area contributed by atoms with Crippen LogP contribution in [-0.2, 0) is 4.79 Å². The summed E-state index contributed by atoms with van der Waals surface area (Å²) in [6.07, 6.45) is -4.21. The van der Waals surface area contributed by atoms with E-state index in [2.05, 4.69) is 0 Å². The topological polar surface area (TPSA) is 69.6 Å². The second-order valence-electron chi connectivity index (χ2n) is 3.94. The van der Waals surface area contributed by atoms with Gasteiger partial charge >= 0.3 is 18.2 Å². The van der Waals surface area contributed by atoms with Gasteiger partial charge in [-0.05, 0) is 13.3 Å². The molecule has 2 atom stereocenters. The van der Waals surface area contributed by atoms with Crippen LogP contribution in [0.4, 0.5) is 18.0 Å². The number of halogens is 3. The number of alkyl halides is 3. The molecule has 17 heavy (non-hydrogen) atoms. The van der Waals surface area contributed by atoms with E-state index in [9.17, 15) is 22.8 Å². The number of hydrogen-bond donors (Lipinski definition) is 2. The Kier molecular flexibility index (Phi) is 3.84. The monoisotopic (exact) mass is 254 g/mol. The van der Waals surface area contributed by atoms with Gasteiger partial charge in [-0.25, -0.2) is 4.79 Å². The van der Waals surface area contributed by atoms with Gasteiger partial charge in [0.1, 0.15) is 6.54 Å². The van der Waals surface area contributed by atoms with Crippen molar-refractivity contribution >= 4 is 12.0 Å². The molecular weight excluding hydrogens is 241 g/mol. The molecule has 0 aromatic rings. The molecule has 1 aliphatic rings. The number of carboxylic acid groups (broad SMARTS) is 1. The average Bonchev–Trinajstić information content (AvgIpc) is 2.55. The zero-order valence-electron chi connectivity index (χ0n) is 9.12. The minimum absolute atomic E-state index is 0.155. The molecule has 0 aromatic heterocycles. The average molecular weight is 254 g/mol. The Bertz CT molecular complexity index is 319. The fraction of sp³-hybridized carbons (Fsp3) is 0.778. The Morgan fingerprint density at radius 1 is 1.47 bits per heavy atom. The maximum atomic E-state index is 11.9. The van der Waals surface area contributed by atoms with Crippen LogP contribution in [0.5, 0.6) is 0 Å². The molecule has 5 nitrogen and oxygen atoms in total. The molecule has 98 valence electrons. The molecule has 0 aromatic carbocycles. The molecule has 1 saturated heterocycles. The van der Waals surface area contributed by atoms with Gasteiger partial charge in [0.2, 0.25) is 0 Å². The SMILES string of the molecule is CC1C(C(=O)O)CCN1C(=O)NCC(F)(F)F. The highest BCUT2D eigenvalue weighted by Gasteiger charge is 2.39. The van der Waals surface area contributed by atoms with Gasteiger partial charge in [0.05, 0.1) is 5.92 Å². The van der Waals surface area contributed by atoms with Crippen molar-refractivity contribution in [1.29, 1.82) is 0 Å². The first-order valence-corrected chi connectivity index (χ1v) is 5.06. The van der Waals surface area contributed by atoms with Crippen LogP contribution in [0.1, 0.15) is 13.3 Å². The number of hydrogen-bond acceptors (Lipinski definition) is 2. The molecule has 2 N–H and O–H groups in total. The van der Waals surface area contributed by atoms with Gasteiger partial charge in [-0.1, -0.05) is 0 Å². The Morgan fingerprint density at radius 3 is 2.47 bits per heavy atom. The molecule has 0 bridgehead atoms. The molecule has 0 spiro atoms. The van der Waals surface area contributed by atoms with E-state index >= 15 is 0 Å². The summed E-state index contributed by atoms with van der Waals surface area (Å²) in [7, 11) is 0. The van der Waals surface area contributed by atoms with Gasteiger partial charge in [0.25, 0.3) is 0 Å². The number of amides is 2. The van der Waals surface area contributed by atoms with Crippen LogP contribution in [-0.4, -0.2) is 47.3 Å². The summed E-state index contributed by atoms with van der Waals surface area (Å²) in [6.45, 7) is 0.258. The maximum Gasteiger partial charge on any atom is 0.405 e. The zero-order chi connectivity index (χ0) is 13.2. The van der Waals surface area contributed by atoms with Crippen molar-refractivity contribution in [3.63, 3.8) is 0 Å². The van der Waals surface area contributed by atoms with Crippen molar-refractivity contribution in [3.8, 4) is 0 Å². The first kappa shape index (κ1) is 13.6. The summed E-state index contributed by atoms with van der Waals surface area (Å²) in [5.74, 6) is -1.75. The third-order valence-corrected chi connectivity index (χ3v) is 2.77. The molecule has 0 saturated carbocycles. The number of carbonyl (C=O) groups excluding carboxylic acids is 1. The molecular formula is C9H13F3N2O3. The summed E-state index contributed by atoms with van der Waals surface area (Å²) >= 11 is 0. The van der Waals surface area contributed by atoms with E-state index in [0.29, 0.717) is 0 Å². The number of rotatable bonds is 2.